The summed E-state index contributed by atoms with van der Waals surface area (Å²) in [5.41, 5.74) is 8.40. The Morgan fingerprint density at radius 1 is 1.18 bits per heavy atom. The van der Waals surface area contributed by atoms with Crippen LogP contribution < -0.4 is 21.1 Å². The maximum atomic E-state index is 13.2. The number of oxazole rings is 1. The van der Waals surface area contributed by atoms with Gasteiger partial charge in [-0.3, -0.25) is 19.6 Å². The number of hydrogen-bond donors (Lipinski definition) is 3. The summed E-state index contributed by atoms with van der Waals surface area (Å²) in [6.45, 7) is 6.53. The normalized spacial score (nSPS) is 11.0. The largest absolute Gasteiger partial charge is 0.494 e. The predicted octanol–water partition coefficient (Wildman–Crippen LogP) is 2.53. The fraction of sp³-hybridized carbons (Fsp3) is 0.360. The zero-order valence-electron chi connectivity index (χ0n) is 22.1. The molecule has 4 aromatic rings. The molecule has 0 fully saturated rings. The topological polar surface area (TPSA) is 181 Å². The number of nitrogens with one attached hydrogen (secondary N) is 2. The molecule has 4 N–H and O–H groups in total. The molecule has 0 aliphatic rings. The molecule has 0 aliphatic carbocycles. The highest BCUT2D eigenvalue weighted by atomic mass is 16.6. The first-order valence-corrected chi connectivity index (χ1v) is 12.2. The number of carbonyl (C=O) groups is 3. The van der Waals surface area contributed by atoms with Crippen molar-refractivity contribution < 1.29 is 28.3 Å². The molecule has 0 spiro atoms. The zero-order valence-corrected chi connectivity index (χ0v) is 22.1. The summed E-state index contributed by atoms with van der Waals surface area (Å²) < 4.78 is 19.2. The summed E-state index contributed by atoms with van der Waals surface area (Å²) in [5, 5.41) is 9.85. The minimum atomic E-state index is -0.638. The molecule has 14 nitrogen and oxygen atoms in total. The van der Waals surface area contributed by atoms with E-state index in [1.54, 1.807) is 29.2 Å². The monoisotopic (exact) mass is 538 g/mol. The van der Waals surface area contributed by atoms with E-state index in [0.29, 0.717) is 59.1 Å². The van der Waals surface area contributed by atoms with Crippen molar-refractivity contribution >= 4 is 34.9 Å². The van der Waals surface area contributed by atoms with Gasteiger partial charge in [-0.25, -0.2) is 14.8 Å². The summed E-state index contributed by atoms with van der Waals surface area (Å²) in [6.07, 6.45) is 1.13. The molecule has 3 aromatic heterocycles. The first-order valence-electron chi connectivity index (χ1n) is 12.2. The molecule has 0 radical (unpaired) electrons. The van der Waals surface area contributed by atoms with Gasteiger partial charge in [0.25, 0.3) is 5.91 Å². The Morgan fingerprint density at radius 2 is 1.97 bits per heavy atom. The number of methoxy groups -OCH3 is 1. The Hall–Kier alpha value is -4.88. The highest BCUT2D eigenvalue weighted by molar-refractivity contribution is 6.04. The summed E-state index contributed by atoms with van der Waals surface area (Å²) in [5.74, 6) is 0.0317. The van der Waals surface area contributed by atoms with Crippen molar-refractivity contribution in [1.29, 1.82) is 0 Å². The van der Waals surface area contributed by atoms with Crippen molar-refractivity contribution in [3.63, 3.8) is 0 Å². The summed E-state index contributed by atoms with van der Waals surface area (Å²) in [7, 11) is 1.46. The number of nitrogens with zero attached hydrogens (tertiary/aromatic N) is 5. The van der Waals surface area contributed by atoms with E-state index in [2.05, 4.69) is 25.7 Å². The minimum Gasteiger partial charge on any atom is -0.494 e. The quantitative estimate of drug-likeness (QED) is 0.242. The molecule has 4 rings (SSSR count). The first-order chi connectivity index (χ1) is 18.7. The number of aryl methyl sites for hydroxylation is 4. The minimum absolute atomic E-state index is 0.0345. The van der Waals surface area contributed by atoms with Gasteiger partial charge in [0.15, 0.2) is 18.8 Å². The number of aromatic nitrogens is 5. The lowest BCUT2D eigenvalue weighted by Gasteiger charge is -2.13. The van der Waals surface area contributed by atoms with Crippen LogP contribution in [0, 0.1) is 13.8 Å². The van der Waals surface area contributed by atoms with Crippen LogP contribution >= 0.6 is 0 Å². The molecule has 0 aliphatic heterocycles. The van der Waals surface area contributed by atoms with Crippen molar-refractivity contribution in [2.75, 3.05) is 19.0 Å². The lowest BCUT2D eigenvalue weighted by molar-refractivity contribution is 0.0995. The lowest BCUT2D eigenvalue weighted by atomic mass is 10.1. The summed E-state index contributed by atoms with van der Waals surface area (Å²) in [4.78, 5) is 45.6. The van der Waals surface area contributed by atoms with Gasteiger partial charge >= 0.3 is 6.09 Å². The van der Waals surface area contributed by atoms with Crippen LogP contribution in [-0.4, -0.2) is 55.9 Å². The number of benzene rings is 1. The van der Waals surface area contributed by atoms with Crippen molar-refractivity contribution in [2.45, 2.75) is 46.9 Å². The second kappa shape index (κ2) is 11.7. The van der Waals surface area contributed by atoms with Gasteiger partial charge in [-0.2, -0.15) is 5.10 Å². The maximum absolute atomic E-state index is 13.2. The van der Waals surface area contributed by atoms with Crippen molar-refractivity contribution in [3.8, 4) is 5.75 Å². The average molecular weight is 539 g/mol. The van der Waals surface area contributed by atoms with E-state index in [1.807, 2.05) is 6.92 Å². The van der Waals surface area contributed by atoms with Crippen LogP contribution in [0.4, 0.5) is 10.7 Å². The number of amides is 3. The Bertz CT molecular complexity index is 1520. The standard InChI is InChI=1S/C25H30N8O6/c1-5-33-18(9-14(2)31-33)23(35)30-24-29-17-10-16(22(26)34)11-19(37-4)21(17)32(24)8-6-7-27-25(36)38-12-20-15(3)28-13-39-20/h9-11,13H,5-8,12H2,1-4H3,(H2,26,34)(H,27,36)(H,29,30,35). The molecule has 0 saturated heterocycles. The van der Waals surface area contributed by atoms with Gasteiger partial charge in [0.05, 0.1) is 24.0 Å². The van der Waals surface area contributed by atoms with Crippen molar-refractivity contribution in [3.05, 3.63) is 53.0 Å². The fourth-order valence-corrected chi connectivity index (χ4v) is 4.05. The number of hydrogen-bond acceptors (Lipinski definition) is 9. The van der Waals surface area contributed by atoms with Crippen LogP contribution in [0.5, 0.6) is 5.75 Å². The number of primary amides is 1. The molecule has 3 heterocycles. The number of imidazole rings is 1. The third-order valence-corrected chi connectivity index (χ3v) is 5.98. The van der Waals surface area contributed by atoms with E-state index in [9.17, 15) is 14.4 Å². The Labute approximate surface area is 223 Å². The maximum Gasteiger partial charge on any atom is 0.407 e. The molecular formula is C25H30N8O6. The van der Waals surface area contributed by atoms with Crippen LogP contribution in [0.15, 0.2) is 29.0 Å². The molecule has 0 saturated carbocycles. The fourth-order valence-electron chi connectivity index (χ4n) is 4.05. The van der Waals surface area contributed by atoms with E-state index in [0.717, 1.165) is 0 Å². The van der Waals surface area contributed by atoms with Gasteiger partial charge in [0, 0.05) is 25.2 Å². The predicted molar refractivity (Wildman–Crippen MR) is 139 cm³/mol. The van der Waals surface area contributed by atoms with E-state index < -0.39 is 17.9 Å². The molecule has 206 valence electrons. The number of anilines is 1. The van der Waals surface area contributed by atoms with Gasteiger partial charge in [0.1, 0.15) is 17.0 Å². The molecule has 14 heteroatoms. The molecule has 1 aromatic carbocycles. The average Bonchev–Trinajstić information content (AvgIpc) is 3.60. The van der Waals surface area contributed by atoms with Crippen LogP contribution in [0.3, 0.4) is 0 Å². The highest BCUT2D eigenvalue weighted by Gasteiger charge is 2.21. The second-order valence-corrected chi connectivity index (χ2v) is 8.66. The third-order valence-electron chi connectivity index (χ3n) is 5.98. The molecule has 39 heavy (non-hydrogen) atoms. The number of alkyl carbamates (subject to hydrolysis) is 1. The third kappa shape index (κ3) is 6.00. The Morgan fingerprint density at radius 3 is 2.64 bits per heavy atom. The van der Waals surface area contributed by atoms with E-state index in [-0.39, 0.29) is 24.7 Å². The molecule has 0 bridgehead atoms. The lowest BCUT2D eigenvalue weighted by Crippen LogP contribution is -2.26. The number of carbonyl (C=O) groups excluding carboxylic acids is 3. The van der Waals surface area contributed by atoms with Crippen LogP contribution in [0.25, 0.3) is 11.0 Å². The van der Waals surface area contributed by atoms with Crippen LogP contribution in [0.2, 0.25) is 0 Å². The van der Waals surface area contributed by atoms with Gasteiger partial charge in [-0.1, -0.05) is 0 Å². The molecule has 3 amide bonds. The zero-order chi connectivity index (χ0) is 28.1. The van der Waals surface area contributed by atoms with Gasteiger partial charge < -0.3 is 29.5 Å². The van der Waals surface area contributed by atoms with Gasteiger partial charge in [-0.15, -0.1) is 0 Å². The van der Waals surface area contributed by atoms with Gasteiger partial charge in [0.2, 0.25) is 11.9 Å². The highest BCUT2D eigenvalue weighted by Crippen LogP contribution is 2.31. The summed E-state index contributed by atoms with van der Waals surface area (Å²) in [6, 6.07) is 4.74. The molecular weight excluding hydrogens is 508 g/mol. The second-order valence-electron chi connectivity index (χ2n) is 8.66. The first kappa shape index (κ1) is 27.2. The SMILES string of the molecule is CCn1nc(C)cc1C(=O)Nc1nc2cc(C(N)=O)cc(OC)c2n1CCCNC(=O)OCc1ocnc1C. The van der Waals surface area contributed by atoms with Crippen molar-refractivity contribution in [1.82, 2.24) is 29.6 Å². The van der Waals surface area contributed by atoms with Gasteiger partial charge in [-0.05, 0) is 45.4 Å². The van der Waals surface area contributed by atoms with Crippen LogP contribution in [-0.2, 0) is 24.4 Å². The van der Waals surface area contributed by atoms with Crippen molar-refractivity contribution in [2.24, 2.45) is 5.73 Å². The molecule has 0 atom stereocenters. The van der Waals surface area contributed by atoms with E-state index >= 15 is 0 Å². The number of fused-ring (bicyclic) bond motifs is 1. The molecule has 0 unspecified atom stereocenters. The smallest absolute Gasteiger partial charge is 0.407 e. The summed E-state index contributed by atoms with van der Waals surface area (Å²) >= 11 is 0. The Kier molecular flexibility index (Phi) is 8.13. The number of rotatable bonds is 11. The van der Waals surface area contributed by atoms with E-state index in [4.69, 9.17) is 19.6 Å². The Balaban J connectivity index is 1.54. The number of ether oxygens (including phenoxy) is 2. The van der Waals surface area contributed by atoms with E-state index in [1.165, 1.54) is 25.6 Å². The number of nitrogens with two attached hydrogens (primary N) is 1. The van der Waals surface area contributed by atoms with Crippen LogP contribution in [0.1, 0.15) is 51.3 Å².